The normalized spacial score (nSPS) is 17.3. The van der Waals surface area contributed by atoms with Crippen molar-refractivity contribution in [3.8, 4) is 0 Å². The van der Waals surface area contributed by atoms with Gasteiger partial charge in [-0.25, -0.2) is 0 Å². The third-order valence-electron chi connectivity index (χ3n) is 4.35. The van der Waals surface area contributed by atoms with Crippen LogP contribution in [0.4, 0.5) is 11.4 Å². The van der Waals surface area contributed by atoms with E-state index < -0.39 is 0 Å². The molecule has 0 aliphatic carbocycles. The second kappa shape index (κ2) is 6.75. The fourth-order valence-corrected chi connectivity index (χ4v) is 3.48. The summed E-state index contributed by atoms with van der Waals surface area (Å²) in [6.45, 7) is 6.46. The molecule has 0 aromatic heterocycles. The summed E-state index contributed by atoms with van der Waals surface area (Å²) in [7, 11) is 0. The molecule has 1 atom stereocenters. The molecule has 1 heterocycles. The van der Waals surface area contributed by atoms with Crippen LogP contribution in [0.1, 0.15) is 29.3 Å². The van der Waals surface area contributed by atoms with Crippen molar-refractivity contribution in [2.45, 2.75) is 20.3 Å². The largest absolute Gasteiger partial charge is 0.371 e. The summed E-state index contributed by atoms with van der Waals surface area (Å²) in [4.78, 5) is 14.8. The van der Waals surface area contributed by atoms with E-state index in [1.807, 2.05) is 37.3 Å². The fourth-order valence-electron chi connectivity index (χ4n) is 3.01. The van der Waals surface area contributed by atoms with E-state index >= 15 is 0 Å². The molecule has 0 spiro atoms. The first-order chi connectivity index (χ1) is 11.0. The second-order valence-electron chi connectivity index (χ2n) is 6.30. The highest BCUT2D eigenvalue weighted by Gasteiger charge is 2.18. The van der Waals surface area contributed by atoms with E-state index in [2.05, 4.69) is 45.2 Å². The summed E-state index contributed by atoms with van der Waals surface area (Å²) < 4.78 is 0.982. The molecule has 1 N–H and O–H groups in total. The van der Waals surface area contributed by atoms with Crippen LogP contribution in [0.3, 0.4) is 0 Å². The van der Waals surface area contributed by atoms with Crippen molar-refractivity contribution in [2.24, 2.45) is 5.92 Å². The monoisotopic (exact) mass is 372 g/mol. The quantitative estimate of drug-likeness (QED) is 0.834. The van der Waals surface area contributed by atoms with Gasteiger partial charge < -0.3 is 10.2 Å². The highest BCUT2D eigenvalue weighted by molar-refractivity contribution is 9.10. The molecular weight excluding hydrogens is 352 g/mol. The van der Waals surface area contributed by atoms with Gasteiger partial charge in [0.2, 0.25) is 0 Å². The van der Waals surface area contributed by atoms with Crippen LogP contribution in [0.15, 0.2) is 46.9 Å². The molecule has 120 valence electrons. The number of carbonyl (C=O) groups is 1. The number of aryl methyl sites for hydroxylation is 1. The lowest BCUT2D eigenvalue weighted by atomic mass is 10.1. The number of carbonyl (C=O) groups excluding carboxylic acids is 1. The number of anilines is 2. The number of halogens is 1. The predicted octanol–water partition coefficient (Wildman–Crippen LogP) is 4.86. The Kier molecular flexibility index (Phi) is 4.71. The van der Waals surface area contributed by atoms with Gasteiger partial charge in [-0.05, 0) is 67.3 Å². The summed E-state index contributed by atoms with van der Waals surface area (Å²) in [5, 5.41) is 2.97. The molecule has 1 aliphatic heterocycles. The molecule has 1 aliphatic rings. The molecule has 1 fully saturated rings. The standard InChI is InChI=1S/C19H21BrN2O/c1-13-9-10-22(12-13)17-6-4-16(5-7-17)21-19(23)18-8-3-15(20)11-14(18)2/h3-8,11,13H,9-10,12H2,1-2H3,(H,21,23). The van der Waals surface area contributed by atoms with E-state index in [4.69, 9.17) is 0 Å². The second-order valence-corrected chi connectivity index (χ2v) is 7.22. The molecule has 2 aromatic rings. The van der Waals surface area contributed by atoms with Crippen LogP contribution in [0.25, 0.3) is 0 Å². The van der Waals surface area contributed by atoms with Gasteiger partial charge in [0.25, 0.3) is 5.91 Å². The SMILES string of the molecule is Cc1cc(Br)ccc1C(=O)Nc1ccc(N2CCC(C)C2)cc1. The maximum absolute atomic E-state index is 12.4. The molecule has 0 radical (unpaired) electrons. The average Bonchev–Trinajstić information content (AvgIpc) is 2.94. The van der Waals surface area contributed by atoms with E-state index in [9.17, 15) is 4.79 Å². The Labute approximate surface area is 145 Å². The Balaban J connectivity index is 1.69. The fraction of sp³-hybridized carbons (Fsp3) is 0.316. The first kappa shape index (κ1) is 16.1. The number of hydrogen-bond acceptors (Lipinski definition) is 2. The molecule has 23 heavy (non-hydrogen) atoms. The minimum Gasteiger partial charge on any atom is -0.371 e. The number of rotatable bonds is 3. The van der Waals surface area contributed by atoms with E-state index in [1.54, 1.807) is 0 Å². The first-order valence-electron chi connectivity index (χ1n) is 7.95. The minimum atomic E-state index is -0.0717. The Morgan fingerprint density at radius 2 is 1.96 bits per heavy atom. The zero-order chi connectivity index (χ0) is 16.4. The van der Waals surface area contributed by atoms with Gasteiger partial charge in [0, 0.05) is 34.5 Å². The number of amides is 1. The molecule has 2 aromatic carbocycles. The third-order valence-corrected chi connectivity index (χ3v) is 4.84. The van der Waals surface area contributed by atoms with Crippen molar-refractivity contribution in [1.29, 1.82) is 0 Å². The van der Waals surface area contributed by atoms with Crippen molar-refractivity contribution >= 4 is 33.2 Å². The van der Waals surface area contributed by atoms with Crippen molar-refractivity contribution in [1.82, 2.24) is 0 Å². The van der Waals surface area contributed by atoms with Gasteiger partial charge in [0.05, 0.1) is 0 Å². The molecule has 0 bridgehead atoms. The van der Waals surface area contributed by atoms with E-state index in [1.165, 1.54) is 12.1 Å². The van der Waals surface area contributed by atoms with Crippen LogP contribution in [0.2, 0.25) is 0 Å². The van der Waals surface area contributed by atoms with E-state index in [-0.39, 0.29) is 5.91 Å². The number of hydrogen-bond donors (Lipinski definition) is 1. The van der Waals surface area contributed by atoms with Crippen molar-refractivity contribution in [3.63, 3.8) is 0 Å². The first-order valence-corrected chi connectivity index (χ1v) is 8.75. The maximum Gasteiger partial charge on any atom is 0.255 e. The van der Waals surface area contributed by atoms with Crippen LogP contribution in [-0.4, -0.2) is 19.0 Å². The Morgan fingerprint density at radius 3 is 2.57 bits per heavy atom. The van der Waals surface area contributed by atoms with Crippen molar-refractivity contribution in [2.75, 3.05) is 23.3 Å². The molecule has 1 saturated heterocycles. The van der Waals surface area contributed by atoms with Gasteiger partial charge in [-0.2, -0.15) is 0 Å². The molecule has 0 saturated carbocycles. The lowest BCUT2D eigenvalue weighted by Gasteiger charge is -2.18. The summed E-state index contributed by atoms with van der Waals surface area (Å²) in [5.74, 6) is 0.687. The van der Waals surface area contributed by atoms with Crippen molar-refractivity contribution in [3.05, 3.63) is 58.1 Å². The molecule has 3 rings (SSSR count). The molecule has 1 amide bonds. The predicted molar refractivity (Wildman–Crippen MR) is 99.3 cm³/mol. The number of nitrogens with zero attached hydrogens (tertiary/aromatic N) is 1. The Hall–Kier alpha value is -1.81. The zero-order valence-electron chi connectivity index (χ0n) is 13.5. The Morgan fingerprint density at radius 1 is 1.22 bits per heavy atom. The highest BCUT2D eigenvalue weighted by Crippen LogP contribution is 2.25. The smallest absolute Gasteiger partial charge is 0.255 e. The molecular formula is C19H21BrN2O. The van der Waals surface area contributed by atoms with Gasteiger partial charge in [0.1, 0.15) is 0 Å². The van der Waals surface area contributed by atoms with Crippen LogP contribution in [0, 0.1) is 12.8 Å². The molecule has 4 heteroatoms. The summed E-state index contributed by atoms with van der Waals surface area (Å²) in [6, 6.07) is 13.8. The minimum absolute atomic E-state index is 0.0717. The Bertz CT molecular complexity index is 712. The van der Waals surface area contributed by atoms with Crippen LogP contribution < -0.4 is 10.2 Å². The molecule has 1 unspecified atom stereocenters. The number of nitrogens with one attached hydrogen (secondary N) is 1. The topological polar surface area (TPSA) is 32.3 Å². The van der Waals surface area contributed by atoms with Gasteiger partial charge in [-0.1, -0.05) is 22.9 Å². The third kappa shape index (κ3) is 3.75. The van der Waals surface area contributed by atoms with Crippen LogP contribution >= 0.6 is 15.9 Å². The summed E-state index contributed by atoms with van der Waals surface area (Å²) in [6.07, 6.45) is 1.25. The summed E-state index contributed by atoms with van der Waals surface area (Å²) >= 11 is 3.42. The van der Waals surface area contributed by atoms with Gasteiger partial charge in [-0.15, -0.1) is 0 Å². The van der Waals surface area contributed by atoms with Gasteiger partial charge in [0.15, 0.2) is 0 Å². The van der Waals surface area contributed by atoms with E-state index in [0.717, 1.165) is 34.7 Å². The van der Waals surface area contributed by atoms with Crippen molar-refractivity contribution < 1.29 is 4.79 Å². The van der Waals surface area contributed by atoms with Crippen LogP contribution in [-0.2, 0) is 0 Å². The highest BCUT2D eigenvalue weighted by atomic mass is 79.9. The van der Waals surface area contributed by atoms with Gasteiger partial charge >= 0.3 is 0 Å². The maximum atomic E-state index is 12.4. The van der Waals surface area contributed by atoms with E-state index in [0.29, 0.717) is 5.56 Å². The summed E-state index contributed by atoms with van der Waals surface area (Å²) in [5.41, 5.74) is 3.71. The zero-order valence-corrected chi connectivity index (χ0v) is 15.1. The van der Waals surface area contributed by atoms with Crippen LogP contribution in [0.5, 0.6) is 0 Å². The molecule has 3 nitrogen and oxygen atoms in total. The lowest BCUT2D eigenvalue weighted by molar-refractivity contribution is 0.102. The lowest BCUT2D eigenvalue weighted by Crippen LogP contribution is -2.19. The van der Waals surface area contributed by atoms with Gasteiger partial charge in [-0.3, -0.25) is 4.79 Å². The average molecular weight is 373 g/mol. The number of benzene rings is 2.